The second-order valence-corrected chi connectivity index (χ2v) is 12.8. The van der Waals surface area contributed by atoms with Gasteiger partial charge >= 0.3 is 0 Å². The number of amides is 2. The number of aromatic nitrogens is 4. The molecule has 3 N–H and O–H groups in total. The van der Waals surface area contributed by atoms with Crippen LogP contribution < -0.4 is 25.4 Å². The number of methoxy groups -OCH3 is 2. The molecule has 0 spiro atoms. The first-order valence-electron chi connectivity index (χ1n) is 16.1. The lowest BCUT2D eigenvalue weighted by molar-refractivity contribution is -0.127. The van der Waals surface area contributed by atoms with Gasteiger partial charge in [-0.2, -0.15) is 0 Å². The van der Waals surface area contributed by atoms with Crippen molar-refractivity contribution in [3.63, 3.8) is 0 Å². The monoisotopic (exact) mass is 704 g/mol. The number of likely N-dealkylation sites (N-methyl/N-ethyl adjacent to an activating group) is 1. The van der Waals surface area contributed by atoms with E-state index in [0.717, 1.165) is 12.8 Å². The first-order valence-corrected chi connectivity index (χ1v) is 16.9. The fraction of sp³-hybridized carbons (Fsp3) is 0.371. The number of nitrogens with zero attached hydrogens (tertiary/aromatic N) is 5. The summed E-state index contributed by atoms with van der Waals surface area (Å²) in [7, 11) is 4.95. The Hall–Kier alpha value is -4.36. The van der Waals surface area contributed by atoms with Crippen LogP contribution >= 0.6 is 23.2 Å². The van der Waals surface area contributed by atoms with Crippen LogP contribution in [-0.4, -0.2) is 83.1 Å². The van der Waals surface area contributed by atoms with E-state index in [4.69, 9.17) is 42.6 Å². The zero-order chi connectivity index (χ0) is 34.5. The third kappa shape index (κ3) is 7.62. The van der Waals surface area contributed by atoms with E-state index in [0.29, 0.717) is 106 Å². The summed E-state index contributed by atoms with van der Waals surface area (Å²) in [6.45, 7) is 2.17. The van der Waals surface area contributed by atoms with Crippen molar-refractivity contribution < 1.29 is 19.1 Å². The van der Waals surface area contributed by atoms with Gasteiger partial charge in [-0.1, -0.05) is 59.6 Å². The number of benzene rings is 2. The molecule has 49 heavy (non-hydrogen) atoms. The molecule has 4 heterocycles. The quantitative estimate of drug-likeness (QED) is 0.180. The van der Waals surface area contributed by atoms with Gasteiger partial charge in [0.1, 0.15) is 11.4 Å². The number of rotatable bonds is 13. The first-order chi connectivity index (χ1) is 23.8. The Bertz CT molecular complexity index is 1860. The van der Waals surface area contributed by atoms with Gasteiger partial charge in [0.2, 0.25) is 23.6 Å². The van der Waals surface area contributed by atoms with Crippen LogP contribution in [0.3, 0.4) is 0 Å². The molecule has 0 unspecified atom stereocenters. The second-order valence-electron chi connectivity index (χ2n) is 12.0. The molecule has 2 amide bonds. The van der Waals surface area contributed by atoms with Gasteiger partial charge in [-0.15, -0.1) is 0 Å². The number of hydrogen-bond acceptors (Lipinski definition) is 10. The van der Waals surface area contributed by atoms with Gasteiger partial charge in [0.15, 0.2) is 0 Å². The van der Waals surface area contributed by atoms with Crippen LogP contribution in [0.25, 0.3) is 33.6 Å². The Labute approximate surface area is 295 Å². The molecule has 2 aliphatic rings. The topological polar surface area (TPSA) is 143 Å². The normalized spacial score (nSPS) is 17.4. The highest BCUT2D eigenvalue weighted by molar-refractivity contribution is 6.39. The fourth-order valence-corrected chi connectivity index (χ4v) is 6.80. The molecule has 12 nitrogen and oxygen atoms in total. The third-order valence-electron chi connectivity index (χ3n) is 8.92. The maximum Gasteiger partial charge on any atom is 0.237 e. The van der Waals surface area contributed by atoms with Gasteiger partial charge in [-0.3, -0.25) is 19.6 Å². The Morgan fingerprint density at radius 2 is 1.33 bits per heavy atom. The van der Waals surface area contributed by atoms with Crippen molar-refractivity contribution >= 4 is 35.0 Å². The van der Waals surface area contributed by atoms with Gasteiger partial charge in [-0.25, -0.2) is 9.97 Å². The summed E-state index contributed by atoms with van der Waals surface area (Å²) in [6.07, 6.45) is 6.12. The number of carbonyl (C=O) groups is 2. The van der Waals surface area contributed by atoms with E-state index < -0.39 is 0 Å². The standard InChI is InChI=1S/C35H38Cl2N8O4/c1-45-21(11-13-31(45)47)15-39-17-29-35(49-3)44-27(19-41-29)25-9-5-7-23(33(25)37)22-6-4-8-24(32(22)36)26-18-40-28(34(43-26)48-2)16-38-14-20-10-12-30(46)42-20/h4-9,18-21,38-39H,10-17H2,1-3H3,(H,42,46)/t20-,21-/m0/s1. The molecule has 4 aromatic rings. The Morgan fingerprint density at radius 1 is 0.796 bits per heavy atom. The maximum atomic E-state index is 11.9. The summed E-state index contributed by atoms with van der Waals surface area (Å²) < 4.78 is 11.2. The van der Waals surface area contributed by atoms with Crippen molar-refractivity contribution in [3.05, 3.63) is 70.2 Å². The zero-order valence-corrected chi connectivity index (χ0v) is 29.1. The van der Waals surface area contributed by atoms with E-state index in [9.17, 15) is 9.59 Å². The average Bonchev–Trinajstić information content (AvgIpc) is 3.68. The lowest BCUT2D eigenvalue weighted by Gasteiger charge is -2.20. The molecule has 0 saturated carbocycles. The summed E-state index contributed by atoms with van der Waals surface area (Å²) in [5.74, 6) is 1.02. The molecule has 2 aliphatic heterocycles. The Morgan fingerprint density at radius 3 is 1.80 bits per heavy atom. The number of carbonyl (C=O) groups excluding carboxylic acids is 2. The SMILES string of the molecule is COc1nc(-c2cccc(-c3cccc(-c4cnc(CNC[C@@H]5CCC(=O)N5C)c(OC)n4)c3Cl)c2Cl)cnc1CNC[C@@H]1CCC(=O)N1. The van der Waals surface area contributed by atoms with Crippen LogP contribution in [0.2, 0.25) is 10.0 Å². The van der Waals surface area contributed by atoms with Gasteiger partial charge in [-0.05, 0) is 12.8 Å². The fourth-order valence-electron chi connectivity index (χ4n) is 6.15. The van der Waals surface area contributed by atoms with Gasteiger partial charge in [0.05, 0.1) is 48.0 Å². The highest BCUT2D eigenvalue weighted by Crippen LogP contribution is 2.42. The van der Waals surface area contributed by atoms with Gasteiger partial charge in [0.25, 0.3) is 0 Å². The number of nitrogens with one attached hydrogen (secondary N) is 3. The minimum atomic E-state index is 0.0802. The van der Waals surface area contributed by atoms with E-state index in [-0.39, 0.29) is 23.9 Å². The summed E-state index contributed by atoms with van der Waals surface area (Å²) in [5.41, 5.74) is 5.18. The van der Waals surface area contributed by atoms with Crippen molar-refractivity contribution in [2.75, 3.05) is 34.4 Å². The predicted molar refractivity (Wildman–Crippen MR) is 187 cm³/mol. The molecule has 2 atom stereocenters. The van der Waals surface area contributed by atoms with E-state index in [1.165, 1.54) is 0 Å². The summed E-state index contributed by atoms with van der Waals surface area (Å²) in [6, 6.07) is 11.6. The average molecular weight is 706 g/mol. The lowest BCUT2D eigenvalue weighted by Crippen LogP contribution is -2.37. The van der Waals surface area contributed by atoms with Crippen LogP contribution in [0.4, 0.5) is 0 Å². The third-order valence-corrected chi connectivity index (χ3v) is 9.74. The van der Waals surface area contributed by atoms with Gasteiger partial charge < -0.3 is 30.3 Å². The van der Waals surface area contributed by atoms with Crippen molar-refractivity contribution in [1.29, 1.82) is 0 Å². The Kier molecular flexibility index (Phi) is 10.9. The largest absolute Gasteiger partial charge is 0.480 e. The summed E-state index contributed by atoms with van der Waals surface area (Å²) in [5, 5.41) is 10.6. The maximum absolute atomic E-state index is 11.9. The minimum Gasteiger partial charge on any atom is -0.480 e. The molecular formula is C35H38Cl2N8O4. The van der Waals surface area contributed by atoms with E-state index in [2.05, 4.69) is 25.9 Å². The van der Waals surface area contributed by atoms with E-state index >= 15 is 0 Å². The van der Waals surface area contributed by atoms with Crippen LogP contribution in [0.15, 0.2) is 48.8 Å². The molecule has 6 rings (SSSR count). The lowest BCUT2D eigenvalue weighted by atomic mass is 9.98. The molecule has 0 radical (unpaired) electrons. The molecule has 256 valence electrons. The molecule has 2 fully saturated rings. The Balaban J connectivity index is 1.20. The van der Waals surface area contributed by atoms with Crippen molar-refractivity contribution in [1.82, 2.24) is 40.8 Å². The van der Waals surface area contributed by atoms with Crippen molar-refractivity contribution in [2.45, 2.75) is 50.9 Å². The highest BCUT2D eigenvalue weighted by Gasteiger charge is 2.27. The van der Waals surface area contributed by atoms with Gasteiger partial charge in [0, 0.05) is 80.4 Å². The van der Waals surface area contributed by atoms with Crippen molar-refractivity contribution in [3.8, 4) is 45.4 Å². The molecule has 2 aromatic carbocycles. The predicted octanol–water partition coefficient (Wildman–Crippen LogP) is 4.67. The van der Waals surface area contributed by atoms with Crippen LogP contribution in [0.5, 0.6) is 11.8 Å². The molecule has 2 saturated heterocycles. The molecule has 0 bridgehead atoms. The first kappa shape index (κ1) is 34.5. The summed E-state index contributed by atoms with van der Waals surface area (Å²) in [4.78, 5) is 43.8. The number of hydrogen-bond donors (Lipinski definition) is 3. The summed E-state index contributed by atoms with van der Waals surface area (Å²) >= 11 is 14.1. The van der Waals surface area contributed by atoms with E-state index in [1.54, 1.807) is 31.5 Å². The zero-order valence-electron chi connectivity index (χ0n) is 27.6. The molecule has 2 aromatic heterocycles. The number of likely N-dealkylation sites (tertiary alicyclic amines) is 1. The van der Waals surface area contributed by atoms with E-state index in [1.807, 2.05) is 43.4 Å². The second kappa shape index (κ2) is 15.5. The number of ether oxygens (including phenoxy) is 2. The van der Waals surface area contributed by atoms with Crippen LogP contribution in [0.1, 0.15) is 37.1 Å². The number of halogens is 2. The highest BCUT2D eigenvalue weighted by atomic mass is 35.5. The molecule has 0 aliphatic carbocycles. The minimum absolute atomic E-state index is 0.0802. The van der Waals surface area contributed by atoms with Crippen molar-refractivity contribution in [2.24, 2.45) is 0 Å². The smallest absolute Gasteiger partial charge is 0.237 e. The van der Waals surface area contributed by atoms with Crippen LogP contribution in [0, 0.1) is 0 Å². The molecular weight excluding hydrogens is 667 g/mol. The molecule has 14 heteroatoms. The van der Waals surface area contributed by atoms with Crippen LogP contribution in [-0.2, 0) is 22.7 Å².